The lowest BCUT2D eigenvalue weighted by Crippen LogP contribution is -2.33. The molecule has 0 bridgehead atoms. The molecule has 0 amide bonds. The molecular formula is C15H23N5O5. The number of nitrogens with zero attached hydrogens (tertiary/aromatic N) is 3. The van der Waals surface area contributed by atoms with Crippen LogP contribution < -0.4 is 10.9 Å². The zero-order valence-corrected chi connectivity index (χ0v) is 14.3. The zero-order chi connectivity index (χ0) is 18.1. The van der Waals surface area contributed by atoms with Gasteiger partial charge < -0.3 is 25.0 Å². The number of rotatable bonds is 6. The Labute approximate surface area is 143 Å². The number of anilines is 1. The standard InChI is InChI=1S/C15H23N5O5/c1-7(2)4-16-15-18-12-9(13(23)19-15)17-6-20(12)14-11(22)10(21)8(25-14)5-24-3/h6-8,10-11,14,21-22H,4-5H2,1-3H3,(H2,16,18,19,23)/t8-,10-,11-,14-/m1/s1. The zero-order valence-electron chi connectivity index (χ0n) is 14.3. The highest BCUT2D eigenvalue weighted by atomic mass is 16.6. The molecule has 4 N–H and O–H groups in total. The number of ether oxygens (including phenoxy) is 2. The molecule has 1 saturated heterocycles. The molecule has 0 saturated carbocycles. The average molecular weight is 353 g/mol. The number of hydrogen-bond donors (Lipinski definition) is 4. The Bertz CT molecular complexity index is 788. The van der Waals surface area contributed by atoms with E-state index in [1.165, 1.54) is 18.0 Å². The van der Waals surface area contributed by atoms with Crippen molar-refractivity contribution in [1.29, 1.82) is 0 Å². The first kappa shape index (κ1) is 17.8. The van der Waals surface area contributed by atoms with Crippen LogP contribution in [0.25, 0.3) is 11.2 Å². The number of aliphatic hydroxyl groups is 2. The predicted molar refractivity (Wildman–Crippen MR) is 89.3 cm³/mol. The highest BCUT2D eigenvalue weighted by Crippen LogP contribution is 2.31. The minimum absolute atomic E-state index is 0.135. The topological polar surface area (TPSA) is 135 Å². The van der Waals surface area contributed by atoms with Crippen LogP contribution in [0.1, 0.15) is 20.1 Å². The monoisotopic (exact) mass is 353 g/mol. The van der Waals surface area contributed by atoms with Crippen molar-refractivity contribution in [3.8, 4) is 0 Å². The highest BCUT2D eigenvalue weighted by Gasteiger charge is 2.44. The molecule has 0 spiro atoms. The van der Waals surface area contributed by atoms with E-state index in [2.05, 4.69) is 20.3 Å². The van der Waals surface area contributed by atoms with Crippen LogP contribution in [0, 0.1) is 5.92 Å². The Morgan fingerprint density at radius 1 is 1.44 bits per heavy atom. The normalized spacial score (nSPS) is 26.6. The lowest BCUT2D eigenvalue weighted by molar-refractivity contribution is -0.0580. The van der Waals surface area contributed by atoms with Crippen LogP contribution in [0.3, 0.4) is 0 Å². The van der Waals surface area contributed by atoms with Gasteiger partial charge in [0.2, 0.25) is 5.95 Å². The van der Waals surface area contributed by atoms with Crippen LogP contribution >= 0.6 is 0 Å². The molecule has 1 fully saturated rings. The van der Waals surface area contributed by atoms with Gasteiger partial charge in [-0.2, -0.15) is 4.98 Å². The third-order valence-electron chi connectivity index (χ3n) is 4.05. The maximum Gasteiger partial charge on any atom is 0.280 e. The molecule has 1 aliphatic heterocycles. The Balaban J connectivity index is 1.95. The molecule has 3 rings (SSSR count). The quantitative estimate of drug-likeness (QED) is 0.543. The molecule has 25 heavy (non-hydrogen) atoms. The van der Waals surface area contributed by atoms with Crippen molar-refractivity contribution < 1.29 is 19.7 Å². The van der Waals surface area contributed by atoms with Crippen molar-refractivity contribution in [1.82, 2.24) is 19.5 Å². The van der Waals surface area contributed by atoms with Gasteiger partial charge in [0.1, 0.15) is 18.3 Å². The number of imidazole rings is 1. The summed E-state index contributed by atoms with van der Waals surface area (Å²) in [5, 5.41) is 23.4. The summed E-state index contributed by atoms with van der Waals surface area (Å²) < 4.78 is 12.1. The maximum absolute atomic E-state index is 12.2. The van der Waals surface area contributed by atoms with Crippen molar-refractivity contribution in [3.63, 3.8) is 0 Å². The summed E-state index contributed by atoms with van der Waals surface area (Å²) in [5.41, 5.74) is 0.0105. The fourth-order valence-corrected chi connectivity index (χ4v) is 2.76. The van der Waals surface area contributed by atoms with Gasteiger partial charge in [0.05, 0.1) is 12.9 Å². The van der Waals surface area contributed by atoms with E-state index in [1.54, 1.807) is 0 Å². The second kappa shape index (κ2) is 7.08. The summed E-state index contributed by atoms with van der Waals surface area (Å²) in [6, 6.07) is 0. The van der Waals surface area contributed by atoms with Gasteiger partial charge in [-0.1, -0.05) is 13.8 Å². The van der Waals surface area contributed by atoms with Gasteiger partial charge in [0.15, 0.2) is 17.4 Å². The summed E-state index contributed by atoms with van der Waals surface area (Å²) >= 11 is 0. The SMILES string of the molecule is COC[C@H]1O[C@@H](n2cnc3c(=O)[nH]c(NCC(C)C)nc32)[C@H](O)[C@@H]1O. The molecule has 0 aromatic carbocycles. The van der Waals surface area contributed by atoms with E-state index in [0.29, 0.717) is 18.4 Å². The van der Waals surface area contributed by atoms with Crippen LogP contribution in [0.2, 0.25) is 0 Å². The molecule has 0 radical (unpaired) electrons. The smallest absolute Gasteiger partial charge is 0.280 e. The average Bonchev–Trinajstić information content (AvgIpc) is 3.10. The highest BCUT2D eigenvalue weighted by molar-refractivity contribution is 5.70. The van der Waals surface area contributed by atoms with E-state index < -0.39 is 30.1 Å². The number of H-pyrrole nitrogens is 1. The summed E-state index contributed by atoms with van der Waals surface area (Å²) in [7, 11) is 1.48. The molecule has 1 aliphatic rings. The first-order chi connectivity index (χ1) is 11.9. The van der Waals surface area contributed by atoms with E-state index in [4.69, 9.17) is 9.47 Å². The van der Waals surface area contributed by atoms with E-state index >= 15 is 0 Å². The van der Waals surface area contributed by atoms with E-state index in [9.17, 15) is 15.0 Å². The summed E-state index contributed by atoms with van der Waals surface area (Å²) in [5.74, 6) is 0.685. The second-order valence-electron chi connectivity index (χ2n) is 6.51. The van der Waals surface area contributed by atoms with Crippen molar-refractivity contribution in [2.24, 2.45) is 5.92 Å². The van der Waals surface area contributed by atoms with Crippen molar-refractivity contribution in [2.45, 2.75) is 38.4 Å². The van der Waals surface area contributed by atoms with Gasteiger partial charge in [-0.05, 0) is 5.92 Å². The van der Waals surface area contributed by atoms with Gasteiger partial charge in [0.25, 0.3) is 5.56 Å². The predicted octanol–water partition coefficient (Wildman–Crippen LogP) is -0.547. The number of fused-ring (bicyclic) bond motifs is 1. The Morgan fingerprint density at radius 3 is 2.88 bits per heavy atom. The number of methoxy groups -OCH3 is 1. The van der Waals surface area contributed by atoms with Crippen molar-refractivity contribution in [3.05, 3.63) is 16.7 Å². The minimum atomic E-state index is -1.19. The number of aliphatic hydroxyl groups excluding tert-OH is 2. The van der Waals surface area contributed by atoms with Gasteiger partial charge in [-0.3, -0.25) is 14.3 Å². The molecule has 3 heterocycles. The Morgan fingerprint density at radius 2 is 2.20 bits per heavy atom. The fourth-order valence-electron chi connectivity index (χ4n) is 2.76. The minimum Gasteiger partial charge on any atom is -0.387 e. The van der Waals surface area contributed by atoms with Gasteiger partial charge in [-0.25, -0.2) is 4.98 Å². The number of nitrogens with one attached hydrogen (secondary N) is 2. The van der Waals surface area contributed by atoms with E-state index in [0.717, 1.165) is 0 Å². The first-order valence-electron chi connectivity index (χ1n) is 8.13. The largest absolute Gasteiger partial charge is 0.387 e. The molecule has 2 aromatic heterocycles. The third kappa shape index (κ3) is 3.38. The molecule has 10 nitrogen and oxygen atoms in total. The van der Waals surface area contributed by atoms with Crippen LogP contribution in [0.4, 0.5) is 5.95 Å². The third-order valence-corrected chi connectivity index (χ3v) is 4.05. The lowest BCUT2D eigenvalue weighted by atomic mass is 10.1. The Kier molecular flexibility index (Phi) is 5.04. The summed E-state index contributed by atoms with van der Waals surface area (Å²) in [4.78, 5) is 23.3. The second-order valence-corrected chi connectivity index (χ2v) is 6.51. The van der Waals surface area contributed by atoms with Crippen LogP contribution in [0.5, 0.6) is 0 Å². The lowest BCUT2D eigenvalue weighted by Gasteiger charge is -2.16. The van der Waals surface area contributed by atoms with Crippen molar-refractivity contribution in [2.75, 3.05) is 25.6 Å². The van der Waals surface area contributed by atoms with Crippen LogP contribution in [-0.4, -0.2) is 68.3 Å². The Hall–Kier alpha value is -2.01. The fraction of sp³-hybridized carbons (Fsp3) is 0.667. The molecule has 138 valence electrons. The molecule has 2 aromatic rings. The molecular weight excluding hydrogens is 330 g/mol. The summed E-state index contributed by atoms with van der Waals surface area (Å²) in [6.07, 6.45) is -2.52. The summed E-state index contributed by atoms with van der Waals surface area (Å²) in [6.45, 7) is 4.85. The number of aromatic amines is 1. The van der Waals surface area contributed by atoms with Crippen LogP contribution in [-0.2, 0) is 9.47 Å². The van der Waals surface area contributed by atoms with E-state index in [-0.39, 0.29) is 17.8 Å². The van der Waals surface area contributed by atoms with Crippen LogP contribution in [0.15, 0.2) is 11.1 Å². The van der Waals surface area contributed by atoms with E-state index in [1.807, 2.05) is 13.8 Å². The first-order valence-corrected chi connectivity index (χ1v) is 8.13. The molecule has 0 aliphatic carbocycles. The maximum atomic E-state index is 12.2. The van der Waals surface area contributed by atoms with Crippen molar-refractivity contribution >= 4 is 17.1 Å². The molecule has 10 heteroatoms. The molecule has 0 unspecified atom stereocenters. The van der Waals surface area contributed by atoms with Gasteiger partial charge in [0, 0.05) is 13.7 Å². The number of aromatic nitrogens is 4. The van der Waals surface area contributed by atoms with Gasteiger partial charge in [-0.15, -0.1) is 0 Å². The number of hydrogen-bond acceptors (Lipinski definition) is 8. The molecule has 4 atom stereocenters. The van der Waals surface area contributed by atoms with Gasteiger partial charge >= 0.3 is 0 Å².